The minimum Gasteiger partial charge on any atom is -0.340 e. The van der Waals surface area contributed by atoms with Crippen molar-refractivity contribution in [1.29, 1.82) is 0 Å². The lowest BCUT2D eigenvalue weighted by Crippen LogP contribution is -2.69. The first-order chi connectivity index (χ1) is 9.31. The van der Waals surface area contributed by atoms with Gasteiger partial charge >= 0.3 is 0 Å². The third-order valence-corrected chi connectivity index (χ3v) is 5.30. The molecular formula is C16H28N2O2. The standard InChI is InChI=1S/C16H28N2O2/c1-5-16(4)14(20)18(12(2)13(19)17-16)11-15(3)9-7-6-8-10-15/h12H,5-11H2,1-4H3,(H,17,19). The number of piperazine rings is 1. The van der Waals surface area contributed by atoms with Gasteiger partial charge in [-0.2, -0.15) is 0 Å². The summed E-state index contributed by atoms with van der Waals surface area (Å²) in [6.45, 7) is 8.62. The summed E-state index contributed by atoms with van der Waals surface area (Å²) in [7, 11) is 0. The van der Waals surface area contributed by atoms with E-state index in [1.807, 2.05) is 25.7 Å². The van der Waals surface area contributed by atoms with Crippen molar-refractivity contribution >= 4 is 11.8 Å². The van der Waals surface area contributed by atoms with Gasteiger partial charge in [-0.25, -0.2) is 0 Å². The Bertz CT molecular complexity index is 401. The Morgan fingerprint density at radius 3 is 2.35 bits per heavy atom. The van der Waals surface area contributed by atoms with Crippen molar-refractivity contribution in [3.63, 3.8) is 0 Å². The summed E-state index contributed by atoms with van der Waals surface area (Å²) in [6, 6.07) is -0.346. The van der Waals surface area contributed by atoms with Gasteiger partial charge in [-0.05, 0) is 38.5 Å². The summed E-state index contributed by atoms with van der Waals surface area (Å²) in [4.78, 5) is 26.8. The highest BCUT2D eigenvalue weighted by atomic mass is 16.2. The van der Waals surface area contributed by atoms with Crippen LogP contribution in [-0.2, 0) is 9.59 Å². The van der Waals surface area contributed by atoms with E-state index in [1.165, 1.54) is 19.3 Å². The van der Waals surface area contributed by atoms with Gasteiger partial charge in [0.25, 0.3) is 0 Å². The van der Waals surface area contributed by atoms with Crippen molar-refractivity contribution in [3.05, 3.63) is 0 Å². The zero-order chi connectivity index (χ0) is 15.0. The van der Waals surface area contributed by atoms with Crippen LogP contribution in [0.25, 0.3) is 0 Å². The zero-order valence-corrected chi connectivity index (χ0v) is 13.3. The van der Waals surface area contributed by atoms with E-state index in [4.69, 9.17) is 0 Å². The van der Waals surface area contributed by atoms with Gasteiger partial charge in [0.15, 0.2) is 0 Å². The molecule has 0 spiro atoms. The van der Waals surface area contributed by atoms with E-state index in [-0.39, 0.29) is 23.3 Å². The minimum absolute atomic E-state index is 0.0200. The Morgan fingerprint density at radius 1 is 1.20 bits per heavy atom. The largest absolute Gasteiger partial charge is 0.340 e. The number of rotatable bonds is 3. The van der Waals surface area contributed by atoms with Crippen LogP contribution in [0.4, 0.5) is 0 Å². The molecule has 20 heavy (non-hydrogen) atoms. The molecule has 1 aliphatic carbocycles. The maximum Gasteiger partial charge on any atom is 0.248 e. The number of carbonyl (C=O) groups is 2. The molecule has 1 N–H and O–H groups in total. The lowest BCUT2D eigenvalue weighted by molar-refractivity contribution is -0.155. The first kappa shape index (κ1) is 15.3. The molecule has 1 saturated heterocycles. The smallest absolute Gasteiger partial charge is 0.248 e. The molecule has 1 heterocycles. The van der Waals surface area contributed by atoms with Crippen LogP contribution in [0.3, 0.4) is 0 Å². The molecule has 4 heteroatoms. The fraction of sp³-hybridized carbons (Fsp3) is 0.875. The van der Waals surface area contributed by atoms with Gasteiger partial charge in [0.2, 0.25) is 11.8 Å². The summed E-state index contributed by atoms with van der Waals surface area (Å²) in [5.41, 5.74) is -0.553. The number of amides is 2. The van der Waals surface area contributed by atoms with Crippen LogP contribution in [0.2, 0.25) is 0 Å². The minimum atomic E-state index is -0.728. The molecule has 1 saturated carbocycles. The molecule has 0 radical (unpaired) electrons. The number of nitrogens with zero attached hydrogens (tertiary/aromatic N) is 1. The van der Waals surface area contributed by atoms with Crippen LogP contribution in [0.15, 0.2) is 0 Å². The maximum absolute atomic E-state index is 12.8. The average molecular weight is 280 g/mol. The molecule has 2 rings (SSSR count). The number of hydrogen-bond acceptors (Lipinski definition) is 2. The predicted molar refractivity (Wildman–Crippen MR) is 79.2 cm³/mol. The Kier molecular flexibility index (Phi) is 4.12. The van der Waals surface area contributed by atoms with E-state index in [2.05, 4.69) is 12.2 Å². The SMILES string of the molecule is CCC1(C)NC(=O)C(C)N(CC2(C)CCCCC2)C1=O. The van der Waals surface area contributed by atoms with E-state index in [0.717, 1.165) is 19.4 Å². The molecule has 1 aliphatic heterocycles. The first-order valence-electron chi connectivity index (χ1n) is 7.94. The summed E-state index contributed by atoms with van der Waals surface area (Å²) >= 11 is 0. The van der Waals surface area contributed by atoms with E-state index in [9.17, 15) is 9.59 Å². The second kappa shape index (κ2) is 5.38. The normalized spacial score (nSPS) is 34.0. The monoisotopic (exact) mass is 280 g/mol. The predicted octanol–water partition coefficient (Wildman–Crippen LogP) is 2.47. The van der Waals surface area contributed by atoms with Gasteiger partial charge in [0.1, 0.15) is 11.6 Å². The van der Waals surface area contributed by atoms with Crippen LogP contribution in [0.5, 0.6) is 0 Å². The highest BCUT2D eigenvalue weighted by molar-refractivity contribution is 5.99. The molecule has 4 nitrogen and oxygen atoms in total. The van der Waals surface area contributed by atoms with Crippen LogP contribution in [-0.4, -0.2) is 34.8 Å². The highest BCUT2D eigenvalue weighted by Crippen LogP contribution is 2.38. The van der Waals surface area contributed by atoms with Gasteiger partial charge in [-0.3, -0.25) is 9.59 Å². The van der Waals surface area contributed by atoms with E-state index >= 15 is 0 Å². The molecular weight excluding hydrogens is 252 g/mol. The summed E-state index contributed by atoms with van der Waals surface area (Å²) in [5.74, 6) is 0.0623. The topological polar surface area (TPSA) is 49.4 Å². The maximum atomic E-state index is 12.8. The Hall–Kier alpha value is -1.06. The van der Waals surface area contributed by atoms with Gasteiger partial charge in [-0.1, -0.05) is 33.1 Å². The van der Waals surface area contributed by atoms with Crippen LogP contribution < -0.4 is 5.32 Å². The van der Waals surface area contributed by atoms with Crippen molar-refractivity contribution in [2.75, 3.05) is 6.54 Å². The van der Waals surface area contributed by atoms with Crippen LogP contribution in [0.1, 0.15) is 66.2 Å². The number of carbonyl (C=O) groups excluding carboxylic acids is 2. The molecule has 2 amide bonds. The fourth-order valence-electron chi connectivity index (χ4n) is 3.49. The van der Waals surface area contributed by atoms with Gasteiger partial charge in [0.05, 0.1) is 0 Å². The van der Waals surface area contributed by atoms with E-state index in [0.29, 0.717) is 6.42 Å². The highest BCUT2D eigenvalue weighted by Gasteiger charge is 2.47. The molecule has 0 aromatic heterocycles. The Labute approximate surface area is 122 Å². The van der Waals surface area contributed by atoms with Crippen molar-refractivity contribution in [2.24, 2.45) is 5.41 Å². The quantitative estimate of drug-likeness (QED) is 0.863. The molecule has 2 unspecified atom stereocenters. The van der Waals surface area contributed by atoms with E-state index in [1.54, 1.807) is 0 Å². The molecule has 2 fully saturated rings. The second-order valence-corrected chi connectivity index (χ2v) is 7.16. The molecule has 114 valence electrons. The van der Waals surface area contributed by atoms with Crippen molar-refractivity contribution < 1.29 is 9.59 Å². The number of hydrogen-bond donors (Lipinski definition) is 1. The van der Waals surface area contributed by atoms with Gasteiger partial charge in [-0.15, -0.1) is 0 Å². The molecule has 0 aromatic rings. The van der Waals surface area contributed by atoms with Crippen LogP contribution >= 0.6 is 0 Å². The number of nitrogens with one attached hydrogen (secondary N) is 1. The van der Waals surface area contributed by atoms with Crippen LogP contribution in [0, 0.1) is 5.41 Å². The van der Waals surface area contributed by atoms with Gasteiger partial charge < -0.3 is 10.2 Å². The molecule has 0 bridgehead atoms. The van der Waals surface area contributed by atoms with Crippen molar-refractivity contribution in [3.8, 4) is 0 Å². The third kappa shape index (κ3) is 2.70. The summed E-state index contributed by atoms with van der Waals surface area (Å²) < 4.78 is 0. The second-order valence-electron chi connectivity index (χ2n) is 7.16. The van der Waals surface area contributed by atoms with Gasteiger partial charge in [0, 0.05) is 6.54 Å². The van der Waals surface area contributed by atoms with E-state index < -0.39 is 5.54 Å². The Morgan fingerprint density at radius 2 is 1.80 bits per heavy atom. The molecule has 0 aromatic carbocycles. The molecule has 2 aliphatic rings. The Balaban J connectivity index is 2.19. The lowest BCUT2D eigenvalue weighted by Gasteiger charge is -2.47. The molecule has 2 atom stereocenters. The average Bonchev–Trinajstić information content (AvgIpc) is 2.42. The van der Waals surface area contributed by atoms with Crippen molar-refractivity contribution in [2.45, 2.75) is 77.8 Å². The van der Waals surface area contributed by atoms with Crippen molar-refractivity contribution in [1.82, 2.24) is 10.2 Å². The fourth-order valence-corrected chi connectivity index (χ4v) is 3.49. The summed E-state index contributed by atoms with van der Waals surface area (Å²) in [5, 5.41) is 2.89. The lowest BCUT2D eigenvalue weighted by atomic mass is 9.74. The third-order valence-electron chi connectivity index (χ3n) is 5.30. The first-order valence-corrected chi connectivity index (χ1v) is 7.94. The summed E-state index contributed by atoms with van der Waals surface area (Å²) in [6.07, 6.45) is 6.74. The zero-order valence-electron chi connectivity index (χ0n) is 13.3.